The number of thioether (sulfide) groups is 1. The molecule has 2 aromatic carbocycles. The molecule has 4 aromatic rings. The molecule has 31 heavy (non-hydrogen) atoms. The third-order valence-corrected chi connectivity index (χ3v) is 6.98. The number of thiazole rings is 1. The van der Waals surface area contributed by atoms with E-state index in [4.69, 9.17) is 14.1 Å². The van der Waals surface area contributed by atoms with Crippen molar-refractivity contribution in [1.29, 1.82) is 0 Å². The van der Waals surface area contributed by atoms with Crippen LogP contribution in [0.25, 0.3) is 10.2 Å². The summed E-state index contributed by atoms with van der Waals surface area (Å²) in [6.45, 7) is 2.44. The van der Waals surface area contributed by atoms with Crippen LogP contribution in [0.2, 0.25) is 0 Å². The third kappa shape index (κ3) is 5.29. The van der Waals surface area contributed by atoms with E-state index in [9.17, 15) is 4.79 Å². The van der Waals surface area contributed by atoms with Crippen LogP contribution in [0.15, 0.2) is 70.2 Å². The number of carbonyl (C=O) groups is 1. The number of para-hydroxylation sites is 1. The van der Waals surface area contributed by atoms with E-state index in [0.717, 1.165) is 28.2 Å². The molecule has 160 valence electrons. The maximum Gasteiger partial charge on any atom is 0.229 e. The molecule has 2 heterocycles. The monoisotopic (exact) mass is 452 g/mol. The molecule has 0 bridgehead atoms. The number of amides is 1. The Morgan fingerprint density at radius 3 is 2.74 bits per heavy atom. The Bertz CT molecular complexity index is 1140. The van der Waals surface area contributed by atoms with Gasteiger partial charge in [-0.05, 0) is 55.5 Å². The lowest BCUT2D eigenvalue weighted by atomic mass is 10.2. The third-order valence-electron chi connectivity index (χ3n) is 4.84. The van der Waals surface area contributed by atoms with Gasteiger partial charge in [-0.15, -0.1) is 11.8 Å². The Labute approximate surface area is 190 Å². The van der Waals surface area contributed by atoms with Gasteiger partial charge in [0.05, 0.1) is 24.6 Å². The number of benzene rings is 2. The zero-order valence-corrected chi connectivity index (χ0v) is 19.2. The number of nitrogens with zero attached hydrogens (tertiary/aromatic N) is 2. The maximum atomic E-state index is 13.2. The van der Waals surface area contributed by atoms with Crippen molar-refractivity contribution in [1.82, 2.24) is 4.98 Å². The van der Waals surface area contributed by atoms with Gasteiger partial charge in [0, 0.05) is 11.3 Å². The number of furan rings is 1. The van der Waals surface area contributed by atoms with Gasteiger partial charge < -0.3 is 9.15 Å². The second-order valence-electron chi connectivity index (χ2n) is 7.13. The Hall–Kier alpha value is -2.77. The summed E-state index contributed by atoms with van der Waals surface area (Å²) in [5, 5.41) is 0.659. The number of hydrogen-bond donors (Lipinski definition) is 0. The molecule has 0 saturated heterocycles. The van der Waals surface area contributed by atoms with Crippen LogP contribution in [0.5, 0.6) is 5.75 Å². The van der Waals surface area contributed by atoms with Crippen LogP contribution in [0, 0.1) is 6.92 Å². The number of methoxy groups -OCH3 is 1. The Morgan fingerprint density at radius 1 is 1.16 bits per heavy atom. The summed E-state index contributed by atoms with van der Waals surface area (Å²) in [4.78, 5) is 20.8. The van der Waals surface area contributed by atoms with Gasteiger partial charge in [-0.1, -0.05) is 35.1 Å². The minimum Gasteiger partial charge on any atom is -0.494 e. The molecular weight excluding hydrogens is 428 g/mol. The van der Waals surface area contributed by atoms with Crippen LogP contribution in [0.4, 0.5) is 5.13 Å². The number of anilines is 1. The maximum absolute atomic E-state index is 13.2. The quantitative estimate of drug-likeness (QED) is 0.220. The van der Waals surface area contributed by atoms with Gasteiger partial charge in [-0.25, -0.2) is 4.98 Å². The summed E-state index contributed by atoms with van der Waals surface area (Å²) >= 11 is 3.26. The fraction of sp³-hybridized carbons (Fsp3) is 0.250. The molecule has 4 rings (SSSR count). The van der Waals surface area contributed by atoms with Crippen molar-refractivity contribution in [3.8, 4) is 5.75 Å². The van der Waals surface area contributed by atoms with E-state index in [1.807, 2.05) is 30.3 Å². The van der Waals surface area contributed by atoms with Gasteiger partial charge in [0.15, 0.2) is 5.13 Å². The summed E-state index contributed by atoms with van der Waals surface area (Å²) in [7, 11) is 1.63. The molecule has 0 aliphatic carbocycles. The first-order valence-electron chi connectivity index (χ1n) is 10.1. The van der Waals surface area contributed by atoms with E-state index < -0.39 is 0 Å². The smallest absolute Gasteiger partial charge is 0.229 e. The number of rotatable bonds is 9. The summed E-state index contributed by atoms with van der Waals surface area (Å²) in [6.07, 6.45) is 2.87. The van der Waals surface area contributed by atoms with Crippen LogP contribution >= 0.6 is 23.1 Å². The van der Waals surface area contributed by atoms with Crippen LogP contribution < -0.4 is 9.64 Å². The van der Waals surface area contributed by atoms with Gasteiger partial charge in [0.25, 0.3) is 0 Å². The molecule has 0 saturated carbocycles. The first kappa shape index (κ1) is 21.5. The molecule has 2 aromatic heterocycles. The number of ether oxygens (including phenoxy) is 1. The zero-order chi connectivity index (χ0) is 21.6. The van der Waals surface area contributed by atoms with Crippen molar-refractivity contribution in [2.45, 2.75) is 31.2 Å². The molecule has 0 aliphatic heterocycles. The van der Waals surface area contributed by atoms with Crippen LogP contribution in [-0.4, -0.2) is 23.8 Å². The topological polar surface area (TPSA) is 55.6 Å². The number of carbonyl (C=O) groups excluding carboxylic acids is 1. The summed E-state index contributed by atoms with van der Waals surface area (Å²) in [5.41, 5.74) is 2.03. The van der Waals surface area contributed by atoms with Crippen molar-refractivity contribution in [3.05, 3.63) is 72.2 Å². The molecular formula is C24H24N2O3S2. The summed E-state index contributed by atoms with van der Waals surface area (Å²) in [5.74, 6) is 2.37. The van der Waals surface area contributed by atoms with E-state index in [1.165, 1.54) is 21.8 Å². The van der Waals surface area contributed by atoms with Gasteiger partial charge >= 0.3 is 0 Å². The fourth-order valence-corrected chi connectivity index (χ4v) is 5.05. The lowest BCUT2D eigenvalue weighted by Gasteiger charge is -2.18. The first-order valence-corrected chi connectivity index (χ1v) is 11.9. The van der Waals surface area contributed by atoms with E-state index in [1.54, 1.807) is 30.0 Å². The molecule has 0 aliphatic rings. The van der Waals surface area contributed by atoms with Gasteiger partial charge in [-0.2, -0.15) is 0 Å². The highest BCUT2D eigenvalue weighted by Crippen LogP contribution is 2.35. The van der Waals surface area contributed by atoms with Crippen LogP contribution in [-0.2, 0) is 11.3 Å². The van der Waals surface area contributed by atoms with Crippen LogP contribution in [0.3, 0.4) is 0 Å². The predicted molar refractivity (Wildman–Crippen MR) is 127 cm³/mol. The van der Waals surface area contributed by atoms with Crippen molar-refractivity contribution in [3.63, 3.8) is 0 Å². The van der Waals surface area contributed by atoms with E-state index in [0.29, 0.717) is 23.8 Å². The van der Waals surface area contributed by atoms with Crippen LogP contribution in [0.1, 0.15) is 24.2 Å². The summed E-state index contributed by atoms with van der Waals surface area (Å²) < 4.78 is 11.9. The molecule has 0 fully saturated rings. The van der Waals surface area contributed by atoms with Crippen molar-refractivity contribution < 1.29 is 13.9 Å². The largest absolute Gasteiger partial charge is 0.494 e. The van der Waals surface area contributed by atoms with E-state index >= 15 is 0 Å². The normalized spacial score (nSPS) is 11.0. The lowest BCUT2D eigenvalue weighted by Crippen LogP contribution is -2.30. The molecule has 5 nitrogen and oxygen atoms in total. The predicted octanol–water partition coefficient (Wildman–Crippen LogP) is 6.31. The highest BCUT2D eigenvalue weighted by Gasteiger charge is 2.22. The van der Waals surface area contributed by atoms with Gasteiger partial charge in [-0.3, -0.25) is 9.69 Å². The second kappa shape index (κ2) is 10.0. The van der Waals surface area contributed by atoms with Gasteiger partial charge in [0.1, 0.15) is 17.0 Å². The fourth-order valence-electron chi connectivity index (χ4n) is 3.20. The summed E-state index contributed by atoms with van der Waals surface area (Å²) in [6, 6.07) is 18.0. The number of fused-ring (bicyclic) bond motifs is 1. The zero-order valence-electron chi connectivity index (χ0n) is 17.5. The van der Waals surface area contributed by atoms with Crippen molar-refractivity contribution in [2.24, 2.45) is 0 Å². The van der Waals surface area contributed by atoms with Gasteiger partial charge in [0.2, 0.25) is 5.91 Å². The number of aromatic nitrogens is 1. The Balaban J connectivity index is 1.47. The number of hydrogen-bond acceptors (Lipinski definition) is 6. The average Bonchev–Trinajstić information content (AvgIpc) is 3.45. The lowest BCUT2D eigenvalue weighted by molar-refractivity contribution is -0.118. The molecule has 0 radical (unpaired) electrons. The number of aryl methyl sites for hydroxylation is 1. The van der Waals surface area contributed by atoms with E-state index in [-0.39, 0.29) is 5.91 Å². The highest BCUT2D eigenvalue weighted by molar-refractivity contribution is 7.99. The van der Waals surface area contributed by atoms with E-state index in [2.05, 4.69) is 31.2 Å². The molecule has 0 atom stereocenters. The van der Waals surface area contributed by atoms with Crippen molar-refractivity contribution in [2.75, 3.05) is 17.8 Å². The highest BCUT2D eigenvalue weighted by atomic mass is 32.2. The SMILES string of the molecule is COc1cccc2sc(N(Cc3ccco3)C(=O)CCCSc3ccc(C)cc3)nc12. The minimum atomic E-state index is 0.0407. The molecule has 0 unspecified atom stereocenters. The standard InChI is InChI=1S/C24H24N2O3S2/c1-17-10-12-19(13-11-17)30-15-5-9-22(27)26(16-18-6-4-14-29-18)24-25-23-20(28-2)7-3-8-21(23)31-24/h3-4,6-8,10-14H,5,9,15-16H2,1-2H3. The molecule has 0 N–H and O–H groups in total. The molecule has 0 spiro atoms. The average molecular weight is 453 g/mol. The molecule has 1 amide bonds. The molecule has 7 heteroatoms. The first-order chi connectivity index (χ1) is 15.1. The second-order valence-corrected chi connectivity index (χ2v) is 9.31. The minimum absolute atomic E-state index is 0.0407. The van der Waals surface area contributed by atoms with Crippen molar-refractivity contribution >= 4 is 44.4 Å². The Morgan fingerprint density at radius 2 is 2.00 bits per heavy atom. The Kier molecular flexibility index (Phi) is 6.94.